The van der Waals surface area contributed by atoms with E-state index in [-0.39, 0.29) is 23.1 Å². The smallest absolute Gasteiger partial charge is 0.233 e. The number of carbonyl (C=O) groups excluding carboxylic acids is 2. The van der Waals surface area contributed by atoms with Crippen molar-refractivity contribution in [1.29, 1.82) is 0 Å². The summed E-state index contributed by atoms with van der Waals surface area (Å²) in [6.07, 6.45) is 8.39. The maximum atomic E-state index is 12.4. The Balaban J connectivity index is 1.56. The predicted octanol–water partition coefficient (Wildman–Crippen LogP) is 3.37. The molecule has 0 aliphatic heterocycles. The molecule has 2 fully saturated rings. The van der Waals surface area contributed by atoms with Gasteiger partial charge in [-0.3, -0.25) is 14.5 Å². The number of carbonyl (C=O) groups is 2. The van der Waals surface area contributed by atoms with Crippen LogP contribution in [0.25, 0.3) is 0 Å². The van der Waals surface area contributed by atoms with Gasteiger partial charge in [-0.2, -0.15) is 0 Å². The number of nitrogens with zero attached hydrogens (tertiary/aromatic N) is 3. The number of nitrogens with one attached hydrogen (secondary N) is 1. The van der Waals surface area contributed by atoms with Crippen LogP contribution in [-0.4, -0.2) is 39.3 Å². The molecule has 2 aliphatic carbocycles. The van der Waals surface area contributed by atoms with E-state index in [0.29, 0.717) is 17.6 Å². The van der Waals surface area contributed by atoms with Crippen molar-refractivity contribution in [3.63, 3.8) is 0 Å². The first-order chi connectivity index (χ1) is 12.1. The van der Waals surface area contributed by atoms with Crippen molar-refractivity contribution in [1.82, 2.24) is 15.5 Å². The minimum atomic E-state index is -0.209. The predicted molar refractivity (Wildman–Crippen MR) is 101 cm³/mol. The van der Waals surface area contributed by atoms with Gasteiger partial charge in [0.05, 0.1) is 5.25 Å². The van der Waals surface area contributed by atoms with E-state index in [4.69, 9.17) is 0 Å². The highest BCUT2D eigenvalue weighted by Gasteiger charge is 2.35. The van der Waals surface area contributed by atoms with Crippen molar-refractivity contribution in [2.45, 2.75) is 86.9 Å². The van der Waals surface area contributed by atoms with E-state index in [1.54, 1.807) is 4.90 Å². The molecular weight excluding hydrogens is 356 g/mol. The minimum absolute atomic E-state index is 0.0670. The lowest BCUT2D eigenvalue weighted by Crippen LogP contribution is -2.40. The lowest BCUT2D eigenvalue weighted by atomic mass is 9.95. The molecule has 0 saturated heterocycles. The summed E-state index contributed by atoms with van der Waals surface area (Å²) in [6.45, 7) is 3.77. The summed E-state index contributed by atoms with van der Waals surface area (Å²) in [6, 6.07) is 0.604. The molecule has 0 spiro atoms. The Morgan fingerprint density at radius 1 is 1.24 bits per heavy atom. The van der Waals surface area contributed by atoms with Crippen LogP contribution < -0.4 is 10.2 Å². The third-order valence-electron chi connectivity index (χ3n) is 4.68. The zero-order valence-electron chi connectivity index (χ0n) is 14.9. The maximum Gasteiger partial charge on any atom is 0.233 e. The van der Waals surface area contributed by atoms with Gasteiger partial charge < -0.3 is 5.32 Å². The SMILES string of the molecule is CCC(=O)N(c1nnc(SC(C)C(=O)NC2CCCCC2)s1)C1CC1. The summed E-state index contributed by atoms with van der Waals surface area (Å²) >= 11 is 2.84. The fraction of sp³-hybridized carbons (Fsp3) is 0.765. The molecule has 1 N–H and O–H groups in total. The Morgan fingerprint density at radius 2 is 1.96 bits per heavy atom. The number of aromatic nitrogens is 2. The van der Waals surface area contributed by atoms with Crippen LogP contribution in [0.5, 0.6) is 0 Å². The molecule has 1 unspecified atom stereocenters. The lowest BCUT2D eigenvalue weighted by molar-refractivity contribution is -0.121. The van der Waals surface area contributed by atoms with Crippen LogP contribution in [0.4, 0.5) is 5.13 Å². The summed E-state index contributed by atoms with van der Waals surface area (Å²) in [4.78, 5) is 26.3. The van der Waals surface area contributed by atoms with Gasteiger partial charge in [-0.05, 0) is 32.6 Å². The van der Waals surface area contributed by atoms with Crippen LogP contribution in [0.15, 0.2) is 4.34 Å². The van der Waals surface area contributed by atoms with Crippen molar-refractivity contribution < 1.29 is 9.59 Å². The van der Waals surface area contributed by atoms with Gasteiger partial charge in [-0.1, -0.05) is 49.3 Å². The molecular formula is C17H26N4O2S2. The van der Waals surface area contributed by atoms with Gasteiger partial charge in [0.2, 0.25) is 16.9 Å². The Morgan fingerprint density at radius 3 is 2.60 bits per heavy atom. The molecule has 0 bridgehead atoms. The summed E-state index contributed by atoms with van der Waals surface area (Å²) in [7, 11) is 0. The van der Waals surface area contributed by atoms with Crippen LogP contribution in [0.3, 0.4) is 0 Å². The first-order valence-corrected chi connectivity index (χ1v) is 10.9. The number of amides is 2. The van der Waals surface area contributed by atoms with Crippen LogP contribution in [0, 0.1) is 0 Å². The van der Waals surface area contributed by atoms with E-state index in [0.717, 1.165) is 30.0 Å². The summed E-state index contributed by atoms with van der Waals surface area (Å²) in [5, 5.41) is 12.0. The van der Waals surface area contributed by atoms with Gasteiger partial charge in [0, 0.05) is 18.5 Å². The monoisotopic (exact) mass is 382 g/mol. The third kappa shape index (κ3) is 4.94. The molecule has 6 nitrogen and oxygen atoms in total. The standard InChI is InChI=1S/C17H26N4O2S2/c1-3-14(22)21(13-9-10-13)16-19-20-17(25-16)24-11(2)15(23)18-12-7-5-4-6-8-12/h11-13H,3-10H2,1-2H3,(H,18,23). The second-order valence-electron chi connectivity index (χ2n) is 6.80. The molecule has 1 atom stereocenters. The van der Waals surface area contributed by atoms with Gasteiger partial charge in [-0.15, -0.1) is 10.2 Å². The van der Waals surface area contributed by atoms with Crippen LogP contribution in [0.2, 0.25) is 0 Å². The van der Waals surface area contributed by atoms with E-state index in [1.807, 2.05) is 13.8 Å². The highest BCUT2D eigenvalue weighted by atomic mass is 32.2. The van der Waals surface area contributed by atoms with E-state index in [2.05, 4.69) is 15.5 Å². The zero-order valence-corrected chi connectivity index (χ0v) is 16.5. The Bertz CT molecular complexity index is 612. The molecule has 0 radical (unpaired) electrons. The van der Waals surface area contributed by atoms with Crippen molar-refractivity contribution in [2.24, 2.45) is 0 Å². The fourth-order valence-corrected chi connectivity index (χ4v) is 5.17. The highest BCUT2D eigenvalue weighted by Crippen LogP contribution is 2.37. The second-order valence-corrected chi connectivity index (χ2v) is 9.35. The molecule has 1 aromatic rings. The topological polar surface area (TPSA) is 75.2 Å². The molecule has 2 aliphatic rings. The van der Waals surface area contributed by atoms with E-state index >= 15 is 0 Å². The molecule has 1 aromatic heterocycles. The van der Waals surface area contributed by atoms with Crippen molar-refractivity contribution in [3.05, 3.63) is 0 Å². The number of rotatable bonds is 7. The van der Waals surface area contributed by atoms with Crippen molar-refractivity contribution in [2.75, 3.05) is 4.90 Å². The number of hydrogen-bond donors (Lipinski definition) is 1. The normalized spacial score (nSPS) is 19.4. The average Bonchev–Trinajstić information content (AvgIpc) is 3.35. The van der Waals surface area contributed by atoms with Gasteiger partial charge in [0.25, 0.3) is 0 Å². The fourth-order valence-electron chi connectivity index (χ4n) is 3.09. The molecule has 1 heterocycles. The Hall–Kier alpha value is -1.15. The van der Waals surface area contributed by atoms with Crippen LogP contribution in [0.1, 0.15) is 65.2 Å². The second kappa shape index (κ2) is 8.49. The number of hydrogen-bond acceptors (Lipinski definition) is 6. The summed E-state index contributed by atoms with van der Waals surface area (Å²) in [5.74, 6) is 0.163. The molecule has 138 valence electrons. The van der Waals surface area contributed by atoms with Crippen LogP contribution in [-0.2, 0) is 9.59 Å². The largest absolute Gasteiger partial charge is 0.352 e. The molecule has 3 rings (SSSR count). The first kappa shape index (κ1) is 18.6. The van der Waals surface area contributed by atoms with Gasteiger partial charge >= 0.3 is 0 Å². The quantitative estimate of drug-likeness (QED) is 0.578. The van der Waals surface area contributed by atoms with E-state index in [1.165, 1.54) is 42.4 Å². The third-order valence-corrected chi connectivity index (χ3v) is 6.79. The first-order valence-electron chi connectivity index (χ1n) is 9.21. The molecule has 25 heavy (non-hydrogen) atoms. The highest BCUT2D eigenvalue weighted by molar-refractivity contribution is 8.02. The van der Waals surface area contributed by atoms with E-state index in [9.17, 15) is 9.59 Å². The van der Waals surface area contributed by atoms with Gasteiger partial charge in [0.1, 0.15) is 0 Å². The lowest BCUT2D eigenvalue weighted by Gasteiger charge is -2.24. The minimum Gasteiger partial charge on any atom is -0.352 e. The average molecular weight is 383 g/mol. The van der Waals surface area contributed by atoms with Crippen molar-refractivity contribution in [3.8, 4) is 0 Å². The van der Waals surface area contributed by atoms with Gasteiger partial charge in [-0.25, -0.2) is 0 Å². The molecule has 8 heteroatoms. The summed E-state index contributed by atoms with van der Waals surface area (Å²) < 4.78 is 0.746. The summed E-state index contributed by atoms with van der Waals surface area (Å²) in [5.41, 5.74) is 0. The molecule has 2 saturated carbocycles. The Kier molecular flexibility index (Phi) is 6.33. The molecule has 0 aromatic carbocycles. The van der Waals surface area contributed by atoms with Gasteiger partial charge in [0.15, 0.2) is 4.34 Å². The number of thioether (sulfide) groups is 1. The zero-order chi connectivity index (χ0) is 17.8. The van der Waals surface area contributed by atoms with Crippen LogP contribution >= 0.6 is 23.1 Å². The number of anilines is 1. The van der Waals surface area contributed by atoms with Crippen molar-refractivity contribution >= 4 is 40.0 Å². The van der Waals surface area contributed by atoms with E-state index < -0.39 is 0 Å². The Labute approximate surface area is 157 Å². The maximum absolute atomic E-state index is 12.4. The molecule has 2 amide bonds.